The highest BCUT2D eigenvalue weighted by Crippen LogP contribution is 2.14. The highest BCUT2D eigenvalue weighted by atomic mass is 16.5. The predicted molar refractivity (Wildman–Crippen MR) is 56.0 cm³/mol. The lowest BCUT2D eigenvalue weighted by Crippen LogP contribution is -2.29. The van der Waals surface area contributed by atoms with Crippen molar-refractivity contribution >= 4 is 6.29 Å². The number of benzene rings is 1. The fraction of sp³-hybridized carbons (Fsp3) is 0.417. The summed E-state index contributed by atoms with van der Waals surface area (Å²) in [5.74, 6) is 0. The van der Waals surface area contributed by atoms with E-state index in [-0.39, 0.29) is 0 Å². The van der Waals surface area contributed by atoms with Crippen LogP contribution in [0.1, 0.15) is 25.8 Å². The molecule has 0 amide bonds. The van der Waals surface area contributed by atoms with Crippen molar-refractivity contribution in [2.75, 3.05) is 0 Å². The van der Waals surface area contributed by atoms with Crippen LogP contribution >= 0.6 is 0 Å². The summed E-state index contributed by atoms with van der Waals surface area (Å²) in [6.45, 7) is 4.24. The minimum absolute atomic E-state index is 0.490. The van der Waals surface area contributed by atoms with Crippen LogP contribution in [0, 0.1) is 0 Å². The van der Waals surface area contributed by atoms with Gasteiger partial charge in [-0.2, -0.15) is 0 Å². The van der Waals surface area contributed by atoms with Gasteiger partial charge in [0.25, 0.3) is 0 Å². The Morgan fingerprint density at radius 2 is 2.00 bits per heavy atom. The summed E-state index contributed by atoms with van der Waals surface area (Å²) in [6, 6.07) is 9.86. The third-order valence-corrected chi connectivity index (χ3v) is 2.36. The molecule has 2 heteroatoms. The van der Waals surface area contributed by atoms with Crippen LogP contribution < -0.4 is 0 Å². The smallest absolute Gasteiger partial charge is 0.151 e. The monoisotopic (exact) mass is 192 g/mol. The number of hydrogen-bond donors (Lipinski definition) is 0. The van der Waals surface area contributed by atoms with E-state index < -0.39 is 5.60 Å². The lowest BCUT2D eigenvalue weighted by Gasteiger charge is -2.21. The van der Waals surface area contributed by atoms with Gasteiger partial charge >= 0.3 is 0 Å². The van der Waals surface area contributed by atoms with Crippen molar-refractivity contribution in [3.8, 4) is 0 Å². The van der Waals surface area contributed by atoms with Gasteiger partial charge in [-0.1, -0.05) is 37.3 Å². The van der Waals surface area contributed by atoms with Crippen molar-refractivity contribution in [2.24, 2.45) is 0 Å². The van der Waals surface area contributed by atoms with Crippen molar-refractivity contribution in [1.29, 1.82) is 0 Å². The van der Waals surface area contributed by atoms with E-state index in [0.717, 1.165) is 11.8 Å². The number of ether oxygens (including phenoxy) is 1. The van der Waals surface area contributed by atoms with Gasteiger partial charge in [0, 0.05) is 0 Å². The van der Waals surface area contributed by atoms with E-state index in [1.807, 2.05) is 44.2 Å². The summed E-state index contributed by atoms with van der Waals surface area (Å²) in [5, 5.41) is 0. The van der Waals surface area contributed by atoms with Gasteiger partial charge in [-0.3, -0.25) is 0 Å². The molecule has 0 saturated heterocycles. The highest BCUT2D eigenvalue weighted by molar-refractivity contribution is 5.61. The van der Waals surface area contributed by atoms with Crippen LogP contribution in [0.3, 0.4) is 0 Å². The SMILES string of the molecule is CC[C@](C)(C=O)OCc1ccccc1. The predicted octanol–water partition coefficient (Wildman–Crippen LogP) is 2.57. The third-order valence-electron chi connectivity index (χ3n) is 2.36. The molecule has 1 atom stereocenters. The lowest BCUT2D eigenvalue weighted by atomic mass is 10.1. The number of hydrogen-bond acceptors (Lipinski definition) is 2. The van der Waals surface area contributed by atoms with Crippen molar-refractivity contribution < 1.29 is 9.53 Å². The molecule has 0 aliphatic rings. The van der Waals surface area contributed by atoms with E-state index in [4.69, 9.17) is 4.74 Å². The molecule has 0 fully saturated rings. The Labute approximate surface area is 84.9 Å². The van der Waals surface area contributed by atoms with E-state index in [0.29, 0.717) is 13.0 Å². The Bertz CT molecular complexity index is 282. The first-order valence-corrected chi connectivity index (χ1v) is 4.84. The zero-order valence-electron chi connectivity index (χ0n) is 8.69. The molecular weight excluding hydrogens is 176 g/mol. The molecule has 0 heterocycles. The highest BCUT2D eigenvalue weighted by Gasteiger charge is 2.21. The van der Waals surface area contributed by atoms with Crippen LogP contribution in [0.25, 0.3) is 0 Å². The second kappa shape index (κ2) is 4.91. The molecule has 1 aromatic rings. The Hall–Kier alpha value is -1.15. The number of aldehydes is 1. The zero-order valence-corrected chi connectivity index (χ0v) is 8.69. The van der Waals surface area contributed by atoms with Crippen LogP contribution in [0.5, 0.6) is 0 Å². The molecule has 0 bridgehead atoms. The van der Waals surface area contributed by atoms with Crippen LogP contribution in [0.15, 0.2) is 30.3 Å². The Balaban J connectivity index is 2.52. The van der Waals surface area contributed by atoms with Gasteiger partial charge in [-0.15, -0.1) is 0 Å². The van der Waals surface area contributed by atoms with Crippen molar-refractivity contribution in [2.45, 2.75) is 32.5 Å². The van der Waals surface area contributed by atoms with E-state index in [2.05, 4.69) is 0 Å². The quantitative estimate of drug-likeness (QED) is 0.670. The summed E-state index contributed by atoms with van der Waals surface area (Å²) in [7, 11) is 0. The molecule has 2 nitrogen and oxygen atoms in total. The number of rotatable bonds is 5. The first-order chi connectivity index (χ1) is 6.70. The summed E-state index contributed by atoms with van der Waals surface area (Å²) in [5.41, 5.74) is 0.449. The summed E-state index contributed by atoms with van der Waals surface area (Å²) >= 11 is 0. The molecule has 1 rings (SSSR count). The van der Waals surface area contributed by atoms with E-state index in [1.54, 1.807) is 0 Å². The second-order valence-corrected chi connectivity index (χ2v) is 3.56. The molecule has 0 unspecified atom stereocenters. The second-order valence-electron chi connectivity index (χ2n) is 3.56. The summed E-state index contributed by atoms with van der Waals surface area (Å²) in [6.07, 6.45) is 1.57. The maximum atomic E-state index is 10.8. The molecule has 1 aromatic carbocycles. The molecule has 0 radical (unpaired) electrons. The van der Waals surface area contributed by atoms with E-state index in [9.17, 15) is 4.79 Å². The van der Waals surface area contributed by atoms with Gasteiger partial charge in [0.15, 0.2) is 6.29 Å². The summed E-state index contributed by atoms with van der Waals surface area (Å²) < 4.78 is 5.55. The van der Waals surface area contributed by atoms with Gasteiger partial charge in [-0.25, -0.2) is 0 Å². The van der Waals surface area contributed by atoms with Crippen molar-refractivity contribution in [3.63, 3.8) is 0 Å². The van der Waals surface area contributed by atoms with Gasteiger partial charge in [0.2, 0.25) is 0 Å². The average molecular weight is 192 g/mol. The molecule has 76 valence electrons. The molecule has 0 N–H and O–H groups in total. The maximum Gasteiger partial charge on any atom is 0.151 e. The Morgan fingerprint density at radius 3 is 2.50 bits per heavy atom. The van der Waals surface area contributed by atoms with Gasteiger partial charge in [-0.05, 0) is 18.9 Å². The lowest BCUT2D eigenvalue weighted by molar-refractivity contribution is -0.131. The molecule has 0 aliphatic carbocycles. The van der Waals surface area contributed by atoms with Crippen LogP contribution in [0.4, 0.5) is 0 Å². The first-order valence-electron chi connectivity index (χ1n) is 4.84. The van der Waals surface area contributed by atoms with Crippen molar-refractivity contribution in [1.82, 2.24) is 0 Å². The average Bonchev–Trinajstić information content (AvgIpc) is 2.27. The van der Waals surface area contributed by atoms with Crippen molar-refractivity contribution in [3.05, 3.63) is 35.9 Å². The summed E-state index contributed by atoms with van der Waals surface area (Å²) in [4.78, 5) is 10.8. The molecular formula is C12H16O2. The fourth-order valence-electron chi connectivity index (χ4n) is 1.04. The standard InChI is InChI=1S/C12H16O2/c1-3-12(2,10-13)14-9-11-7-5-4-6-8-11/h4-8,10H,3,9H2,1-2H3/t12-/m1/s1. The molecule has 0 saturated carbocycles. The van der Waals surface area contributed by atoms with E-state index >= 15 is 0 Å². The van der Waals surface area contributed by atoms with Gasteiger partial charge in [0.05, 0.1) is 6.61 Å². The third kappa shape index (κ3) is 2.96. The molecule has 0 aliphatic heterocycles. The fourth-order valence-corrected chi connectivity index (χ4v) is 1.04. The number of carbonyl (C=O) groups is 1. The Morgan fingerprint density at radius 1 is 1.36 bits per heavy atom. The first kappa shape index (κ1) is 10.9. The normalized spacial score (nSPS) is 14.7. The van der Waals surface area contributed by atoms with Gasteiger partial charge < -0.3 is 9.53 Å². The minimum atomic E-state index is -0.643. The maximum absolute atomic E-state index is 10.8. The Kier molecular flexibility index (Phi) is 3.84. The minimum Gasteiger partial charge on any atom is -0.363 e. The largest absolute Gasteiger partial charge is 0.363 e. The molecule has 0 spiro atoms. The van der Waals surface area contributed by atoms with Crippen LogP contribution in [0.2, 0.25) is 0 Å². The van der Waals surface area contributed by atoms with Gasteiger partial charge in [0.1, 0.15) is 5.60 Å². The number of carbonyl (C=O) groups excluding carboxylic acids is 1. The van der Waals surface area contributed by atoms with E-state index in [1.165, 1.54) is 0 Å². The molecule has 0 aromatic heterocycles. The van der Waals surface area contributed by atoms with Crippen LogP contribution in [-0.4, -0.2) is 11.9 Å². The topological polar surface area (TPSA) is 26.3 Å². The molecule has 14 heavy (non-hydrogen) atoms. The van der Waals surface area contributed by atoms with Crippen LogP contribution in [-0.2, 0) is 16.1 Å². The zero-order chi connectivity index (χ0) is 10.4.